The minimum Gasteiger partial charge on any atom is -0.449 e. The number of aromatic nitrogens is 2. The van der Waals surface area contributed by atoms with Gasteiger partial charge < -0.3 is 10.1 Å². The molecular formula is C19H22N4O5S. The lowest BCUT2D eigenvalue weighted by Crippen LogP contribution is -2.30. The minimum atomic E-state index is -3.52. The van der Waals surface area contributed by atoms with Crippen LogP contribution < -0.4 is 5.32 Å². The fraction of sp³-hybridized carbons (Fsp3) is 0.368. The molecule has 0 aliphatic rings. The lowest BCUT2D eigenvalue weighted by Gasteiger charge is -2.14. The van der Waals surface area contributed by atoms with Gasteiger partial charge in [0, 0.05) is 7.05 Å². The van der Waals surface area contributed by atoms with E-state index in [0.29, 0.717) is 16.9 Å². The Hall–Kier alpha value is -3.19. The standard InChI is InChI=1S/C19H22N4O5S/c1-12-17(13(2)23(4)22-12)21-18(24)14(3)28-19(25)16-7-5-15(6-8-16)11-29(26,27)10-9-20/h5-8,14H,10-11H2,1-4H3,(H,21,24)/t14-/m1/s1. The summed E-state index contributed by atoms with van der Waals surface area (Å²) in [5, 5.41) is 15.4. The van der Waals surface area contributed by atoms with Crippen LogP contribution in [0.4, 0.5) is 5.69 Å². The van der Waals surface area contributed by atoms with E-state index < -0.39 is 33.6 Å². The average Bonchev–Trinajstić information content (AvgIpc) is 2.87. The van der Waals surface area contributed by atoms with Crippen LogP contribution in [0, 0.1) is 25.2 Å². The molecule has 0 spiro atoms. The summed E-state index contributed by atoms with van der Waals surface area (Å²) in [4.78, 5) is 24.6. The van der Waals surface area contributed by atoms with Gasteiger partial charge in [-0.05, 0) is 38.5 Å². The van der Waals surface area contributed by atoms with Crippen molar-refractivity contribution in [3.8, 4) is 6.07 Å². The first-order valence-corrected chi connectivity index (χ1v) is 10.5. The fourth-order valence-electron chi connectivity index (χ4n) is 2.60. The zero-order valence-corrected chi connectivity index (χ0v) is 17.4. The molecule has 0 fully saturated rings. The number of sulfone groups is 1. The number of benzene rings is 1. The number of hydrogen-bond donors (Lipinski definition) is 1. The highest BCUT2D eigenvalue weighted by molar-refractivity contribution is 7.90. The van der Waals surface area contributed by atoms with Gasteiger partial charge in [0.2, 0.25) is 0 Å². The molecular weight excluding hydrogens is 396 g/mol. The summed E-state index contributed by atoms with van der Waals surface area (Å²) >= 11 is 0. The number of rotatable bonds is 7. The van der Waals surface area contributed by atoms with Crippen LogP contribution in [-0.2, 0) is 32.2 Å². The zero-order chi connectivity index (χ0) is 21.8. The number of ether oxygens (including phenoxy) is 1. The minimum absolute atomic E-state index is 0.180. The number of nitriles is 1. The van der Waals surface area contributed by atoms with E-state index in [2.05, 4.69) is 10.4 Å². The lowest BCUT2D eigenvalue weighted by molar-refractivity contribution is -0.123. The molecule has 0 unspecified atom stereocenters. The molecule has 0 saturated carbocycles. The van der Waals surface area contributed by atoms with E-state index in [1.807, 2.05) is 6.92 Å². The van der Waals surface area contributed by atoms with Crippen molar-refractivity contribution < 1.29 is 22.7 Å². The molecule has 0 saturated heterocycles. The average molecular weight is 418 g/mol. The maximum Gasteiger partial charge on any atom is 0.338 e. The van der Waals surface area contributed by atoms with Crippen LogP contribution in [0.25, 0.3) is 0 Å². The molecule has 0 aliphatic heterocycles. The molecule has 1 aromatic carbocycles. The summed E-state index contributed by atoms with van der Waals surface area (Å²) < 4.78 is 30.2. The Morgan fingerprint density at radius 2 is 1.90 bits per heavy atom. The lowest BCUT2D eigenvalue weighted by atomic mass is 10.1. The van der Waals surface area contributed by atoms with E-state index in [-0.39, 0.29) is 11.3 Å². The van der Waals surface area contributed by atoms with E-state index >= 15 is 0 Å². The molecule has 1 atom stereocenters. The number of hydrogen-bond acceptors (Lipinski definition) is 7. The molecule has 1 aromatic heterocycles. The quantitative estimate of drug-likeness (QED) is 0.676. The molecule has 154 valence electrons. The van der Waals surface area contributed by atoms with Gasteiger partial charge in [-0.3, -0.25) is 9.48 Å². The Kier molecular flexibility index (Phi) is 6.76. The number of carbonyl (C=O) groups excluding carboxylic acids is 2. The molecule has 1 N–H and O–H groups in total. The summed E-state index contributed by atoms with van der Waals surface area (Å²) in [5.74, 6) is -2.06. The summed E-state index contributed by atoms with van der Waals surface area (Å²) in [7, 11) is -1.76. The Balaban J connectivity index is 2.00. The highest BCUT2D eigenvalue weighted by Gasteiger charge is 2.22. The Morgan fingerprint density at radius 1 is 1.28 bits per heavy atom. The van der Waals surface area contributed by atoms with Crippen LogP contribution in [-0.4, -0.2) is 41.9 Å². The maximum atomic E-state index is 12.3. The largest absolute Gasteiger partial charge is 0.449 e. The number of carbonyl (C=O) groups is 2. The first kappa shape index (κ1) is 22.1. The molecule has 0 bridgehead atoms. The van der Waals surface area contributed by atoms with E-state index in [4.69, 9.17) is 10.00 Å². The molecule has 0 aliphatic carbocycles. The van der Waals surface area contributed by atoms with Gasteiger partial charge in [0.15, 0.2) is 15.9 Å². The highest BCUT2D eigenvalue weighted by Crippen LogP contribution is 2.19. The van der Waals surface area contributed by atoms with Gasteiger partial charge in [-0.2, -0.15) is 10.4 Å². The fourth-order valence-corrected chi connectivity index (χ4v) is 3.60. The van der Waals surface area contributed by atoms with Gasteiger partial charge in [0.1, 0.15) is 5.75 Å². The van der Waals surface area contributed by atoms with Crippen molar-refractivity contribution in [3.05, 3.63) is 46.8 Å². The molecule has 1 heterocycles. The molecule has 10 heteroatoms. The van der Waals surface area contributed by atoms with Crippen molar-refractivity contribution in [2.24, 2.45) is 7.05 Å². The second-order valence-corrected chi connectivity index (χ2v) is 8.66. The molecule has 9 nitrogen and oxygen atoms in total. The van der Waals surface area contributed by atoms with Gasteiger partial charge in [-0.15, -0.1) is 0 Å². The Bertz CT molecular complexity index is 1070. The monoisotopic (exact) mass is 418 g/mol. The van der Waals surface area contributed by atoms with E-state index in [9.17, 15) is 18.0 Å². The number of aryl methyl sites for hydroxylation is 2. The van der Waals surface area contributed by atoms with Crippen LogP contribution in [0.1, 0.15) is 34.2 Å². The summed E-state index contributed by atoms with van der Waals surface area (Å²) in [6.07, 6.45) is -1.04. The zero-order valence-electron chi connectivity index (χ0n) is 16.6. The van der Waals surface area contributed by atoms with E-state index in [1.165, 1.54) is 31.2 Å². The number of esters is 1. The molecule has 2 rings (SSSR count). The summed E-state index contributed by atoms with van der Waals surface area (Å²) in [6.45, 7) is 5.03. The van der Waals surface area contributed by atoms with Crippen molar-refractivity contribution in [3.63, 3.8) is 0 Å². The predicted molar refractivity (Wildman–Crippen MR) is 106 cm³/mol. The van der Waals surface area contributed by atoms with Crippen molar-refractivity contribution in [1.82, 2.24) is 9.78 Å². The molecule has 2 aromatic rings. The van der Waals surface area contributed by atoms with Crippen molar-refractivity contribution >= 4 is 27.4 Å². The highest BCUT2D eigenvalue weighted by atomic mass is 32.2. The summed E-state index contributed by atoms with van der Waals surface area (Å²) in [5.41, 5.74) is 2.63. The van der Waals surface area contributed by atoms with Gasteiger partial charge >= 0.3 is 5.97 Å². The third-order valence-electron chi connectivity index (χ3n) is 4.27. The number of anilines is 1. The number of nitrogens with zero attached hydrogens (tertiary/aromatic N) is 3. The summed E-state index contributed by atoms with van der Waals surface area (Å²) in [6, 6.07) is 7.38. The molecule has 1 amide bonds. The van der Waals surface area contributed by atoms with Crippen molar-refractivity contribution in [2.45, 2.75) is 32.6 Å². The van der Waals surface area contributed by atoms with Crippen molar-refractivity contribution in [1.29, 1.82) is 5.26 Å². The van der Waals surface area contributed by atoms with Gasteiger partial charge in [-0.25, -0.2) is 13.2 Å². The number of nitrogens with one attached hydrogen (secondary N) is 1. The van der Waals surface area contributed by atoms with Crippen LogP contribution in [0.5, 0.6) is 0 Å². The number of amides is 1. The first-order valence-electron chi connectivity index (χ1n) is 8.72. The molecule has 0 radical (unpaired) electrons. The van der Waals surface area contributed by atoms with Gasteiger partial charge in [0.25, 0.3) is 5.91 Å². The van der Waals surface area contributed by atoms with Crippen molar-refractivity contribution in [2.75, 3.05) is 11.1 Å². The van der Waals surface area contributed by atoms with Gasteiger partial charge in [-0.1, -0.05) is 12.1 Å². The van der Waals surface area contributed by atoms with E-state index in [1.54, 1.807) is 24.7 Å². The predicted octanol–water partition coefficient (Wildman–Crippen LogP) is 1.66. The Labute approximate surface area is 169 Å². The smallest absolute Gasteiger partial charge is 0.338 e. The van der Waals surface area contributed by atoms with E-state index in [0.717, 1.165) is 5.69 Å². The van der Waals surface area contributed by atoms with Crippen LogP contribution in [0.3, 0.4) is 0 Å². The third kappa shape index (κ3) is 5.65. The van der Waals surface area contributed by atoms with Crippen LogP contribution >= 0.6 is 0 Å². The normalized spacial score (nSPS) is 12.1. The topological polar surface area (TPSA) is 131 Å². The SMILES string of the molecule is Cc1nn(C)c(C)c1NC(=O)[C@@H](C)OC(=O)c1ccc(CS(=O)(=O)CC#N)cc1. The first-order chi connectivity index (χ1) is 13.5. The van der Waals surface area contributed by atoms with Crippen LogP contribution in [0.2, 0.25) is 0 Å². The maximum absolute atomic E-state index is 12.3. The molecule has 29 heavy (non-hydrogen) atoms. The third-order valence-corrected chi connectivity index (χ3v) is 5.61. The second kappa shape index (κ2) is 8.87. The van der Waals surface area contributed by atoms with Gasteiger partial charge in [0.05, 0.1) is 34.5 Å². The Morgan fingerprint density at radius 3 is 2.41 bits per heavy atom. The van der Waals surface area contributed by atoms with Crippen LogP contribution in [0.15, 0.2) is 24.3 Å². The second-order valence-electron chi connectivity index (χ2n) is 6.59.